The molecule has 17 N–H and O–H groups in total. The van der Waals surface area contributed by atoms with Crippen molar-refractivity contribution >= 4 is 29.2 Å². The topological polar surface area (TPSA) is 294 Å². The van der Waals surface area contributed by atoms with Gasteiger partial charge in [-0.05, 0) is 50.3 Å². The Morgan fingerprint density at radius 1 is 0.814 bits per heavy atom. The molecule has 1 rings (SSSR count). The highest BCUT2D eigenvalue weighted by Gasteiger charge is 2.29. The van der Waals surface area contributed by atoms with Gasteiger partial charge in [0.05, 0.1) is 6.04 Å². The quantitative estimate of drug-likeness (QED) is 0.0155. The van der Waals surface area contributed by atoms with Crippen LogP contribution in [0.4, 0.5) is 0 Å². The van der Waals surface area contributed by atoms with Crippen LogP contribution in [0.3, 0.4) is 0 Å². The van der Waals surface area contributed by atoms with Gasteiger partial charge in [-0.15, -0.1) is 0 Å². The van der Waals surface area contributed by atoms with Crippen LogP contribution in [0, 0.1) is 11.3 Å². The molecule has 16 heteroatoms. The molecule has 43 heavy (non-hydrogen) atoms. The van der Waals surface area contributed by atoms with Gasteiger partial charge >= 0.3 is 0 Å². The molecule has 1 aromatic rings. The number of hydrogen-bond acceptors (Lipinski definition) is 13. The van der Waals surface area contributed by atoms with Crippen molar-refractivity contribution in [3.05, 3.63) is 35.4 Å². The maximum absolute atomic E-state index is 13.4. The molecule has 0 fully saturated rings. The van der Waals surface area contributed by atoms with Gasteiger partial charge in [-0.3, -0.25) is 35.2 Å². The largest absolute Gasteiger partial charge is 0.384 e. The molecule has 0 aliphatic heterocycles. The number of nitrogens with two attached hydrogens (primary N) is 5. The highest BCUT2D eigenvalue weighted by Crippen LogP contribution is 2.07. The normalized spacial score (nSPS) is 13.5. The number of benzene rings is 1. The number of Topliss-reactive ketones (excluding diaryl/α,β-unsaturated/α-hetero) is 2. The standard InChI is InChI=1S/C27H50N12O4/c1-15(2)21(39-38-19(22(41)16(3)40)6-4-12-34-26(30)31)25(43)37-20(7-5-13-35-27(32)33)24(42)36-14-17-8-10-18(11-9-17)23(28)29/h8-11,15,19-21,26-27,34-35,38-39H,4-7,12-14,30-33H2,1-3H3,(H3,28,29)(H,36,42)(H,37,43)/t19-,20-,21-/m0/s1. The van der Waals surface area contributed by atoms with E-state index in [1.165, 1.54) is 6.92 Å². The number of hydrogen-bond donors (Lipinski definition) is 12. The lowest BCUT2D eigenvalue weighted by Gasteiger charge is -2.27. The van der Waals surface area contributed by atoms with Crippen LogP contribution in [0.15, 0.2) is 24.3 Å². The van der Waals surface area contributed by atoms with Crippen LogP contribution in [0.1, 0.15) is 57.6 Å². The van der Waals surface area contributed by atoms with Crippen LogP contribution in [0.2, 0.25) is 0 Å². The van der Waals surface area contributed by atoms with Crippen molar-refractivity contribution in [3.63, 3.8) is 0 Å². The van der Waals surface area contributed by atoms with Gasteiger partial charge in [-0.1, -0.05) is 38.1 Å². The summed E-state index contributed by atoms with van der Waals surface area (Å²) in [5.74, 6) is -2.43. The van der Waals surface area contributed by atoms with E-state index in [-0.39, 0.29) is 24.7 Å². The van der Waals surface area contributed by atoms with E-state index < -0.39 is 54.1 Å². The minimum atomic E-state index is -0.887. The third-order valence-corrected chi connectivity index (χ3v) is 6.49. The maximum atomic E-state index is 13.4. The summed E-state index contributed by atoms with van der Waals surface area (Å²) in [6.45, 7) is 5.85. The van der Waals surface area contributed by atoms with Crippen molar-refractivity contribution < 1.29 is 19.2 Å². The average molecular weight is 607 g/mol. The molecule has 0 aliphatic rings. The number of nitrogens with one attached hydrogen (secondary N) is 7. The summed E-state index contributed by atoms with van der Waals surface area (Å²) >= 11 is 0. The maximum Gasteiger partial charge on any atom is 0.242 e. The van der Waals surface area contributed by atoms with Crippen molar-refractivity contribution in [2.24, 2.45) is 34.6 Å². The Hall–Kier alpha value is -3.35. The molecule has 0 radical (unpaired) electrons. The molecule has 0 heterocycles. The van der Waals surface area contributed by atoms with Gasteiger partial charge < -0.3 is 39.3 Å². The zero-order valence-electron chi connectivity index (χ0n) is 25.2. The van der Waals surface area contributed by atoms with Gasteiger partial charge in [0.15, 0.2) is 5.78 Å². The summed E-state index contributed by atoms with van der Waals surface area (Å²) in [5.41, 5.74) is 34.6. The van der Waals surface area contributed by atoms with Crippen LogP contribution in [0.25, 0.3) is 0 Å². The Morgan fingerprint density at radius 3 is 1.81 bits per heavy atom. The molecule has 0 bridgehead atoms. The van der Waals surface area contributed by atoms with Crippen molar-refractivity contribution in [2.45, 2.75) is 83.7 Å². The van der Waals surface area contributed by atoms with Crippen molar-refractivity contribution in [3.8, 4) is 0 Å². The predicted octanol–water partition coefficient (Wildman–Crippen LogP) is -3.14. The number of carbonyl (C=O) groups excluding carboxylic acids is 4. The highest BCUT2D eigenvalue weighted by molar-refractivity contribution is 6.38. The van der Waals surface area contributed by atoms with Gasteiger partial charge in [-0.2, -0.15) is 0 Å². The van der Waals surface area contributed by atoms with Crippen molar-refractivity contribution in [2.75, 3.05) is 13.1 Å². The molecule has 0 saturated carbocycles. The van der Waals surface area contributed by atoms with Crippen LogP contribution in [-0.2, 0) is 25.7 Å². The lowest BCUT2D eigenvalue weighted by molar-refractivity contribution is -0.137. The first-order valence-electron chi connectivity index (χ1n) is 14.3. The molecule has 3 atom stereocenters. The van der Waals surface area contributed by atoms with Crippen LogP contribution in [-0.4, -0.2) is 73.0 Å². The lowest BCUT2D eigenvalue weighted by Crippen LogP contribution is -2.59. The predicted molar refractivity (Wildman–Crippen MR) is 164 cm³/mol. The van der Waals surface area contributed by atoms with Gasteiger partial charge in [0.2, 0.25) is 17.6 Å². The Kier molecular flexibility index (Phi) is 17.3. The van der Waals surface area contributed by atoms with E-state index in [9.17, 15) is 19.2 Å². The SMILES string of the molecule is CC(=O)C(=O)[C@H](CCCNC(N)N)NN[C@H](C(=O)N[C@@H](CCCNC(N)N)C(=O)NCc1ccc(C(=N)N)cc1)C(C)C. The number of amidine groups is 1. The van der Waals surface area contributed by atoms with Crippen molar-refractivity contribution in [1.29, 1.82) is 5.41 Å². The Balaban J connectivity index is 2.93. The molecule has 0 spiro atoms. The monoisotopic (exact) mass is 606 g/mol. The van der Waals surface area contributed by atoms with E-state index in [0.717, 1.165) is 5.56 Å². The summed E-state index contributed by atoms with van der Waals surface area (Å²) < 4.78 is 0. The van der Waals surface area contributed by atoms with Gasteiger partial charge in [-0.25, -0.2) is 10.9 Å². The first-order valence-corrected chi connectivity index (χ1v) is 14.3. The van der Waals surface area contributed by atoms with Crippen LogP contribution < -0.4 is 60.8 Å². The summed E-state index contributed by atoms with van der Waals surface area (Å²) in [6, 6.07) is 4.26. The van der Waals surface area contributed by atoms with Gasteiger partial charge in [0, 0.05) is 19.0 Å². The first-order chi connectivity index (χ1) is 20.2. The first kappa shape index (κ1) is 37.7. The van der Waals surface area contributed by atoms with Gasteiger partial charge in [0.25, 0.3) is 0 Å². The zero-order valence-corrected chi connectivity index (χ0v) is 25.2. The van der Waals surface area contributed by atoms with E-state index in [1.807, 2.05) is 0 Å². The Morgan fingerprint density at radius 2 is 1.35 bits per heavy atom. The molecule has 16 nitrogen and oxygen atoms in total. The molecule has 1 aromatic carbocycles. The fourth-order valence-corrected chi connectivity index (χ4v) is 4.03. The van der Waals surface area contributed by atoms with E-state index in [0.29, 0.717) is 37.9 Å². The number of amides is 2. The van der Waals surface area contributed by atoms with E-state index in [2.05, 4.69) is 32.1 Å². The molecule has 0 aliphatic carbocycles. The van der Waals surface area contributed by atoms with Crippen LogP contribution in [0.5, 0.6) is 0 Å². The molecule has 0 unspecified atom stereocenters. The van der Waals surface area contributed by atoms with E-state index in [1.54, 1.807) is 38.1 Å². The Labute approximate surface area is 252 Å². The third kappa shape index (κ3) is 15.1. The number of hydrazine groups is 1. The Bertz CT molecular complexity index is 1050. The molecule has 242 valence electrons. The minimum absolute atomic E-state index is 0.0581. The smallest absolute Gasteiger partial charge is 0.242 e. The number of nitrogen functional groups attached to an aromatic ring is 1. The van der Waals surface area contributed by atoms with E-state index in [4.69, 9.17) is 34.1 Å². The second-order valence-corrected chi connectivity index (χ2v) is 10.6. The molecule has 0 saturated heterocycles. The fourth-order valence-electron chi connectivity index (χ4n) is 4.03. The number of ketones is 2. The summed E-state index contributed by atoms with van der Waals surface area (Å²) in [6.07, 6.45) is 0.135. The van der Waals surface area contributed by atoms with Crippen molar-refractivity contribution in [1.82, 2.24) is 32.1 Å². The summed E-state index contributed by atoms with van der Waals surface area (Å²) in [5, 5.41) is 18.9. The highest BCUT2D eigenvalue weighted by atomic mass is 16.2. The van der Waals surface area contributed by atoms with Crippen LogP contribution >= 0.6 is 0 Å². The molecular weight excluding hydrogens is 556 g/mol. The van der Waals surface area contributed by atoms with E-state index >= 15 is 0 Å². The summed E-state index contributed by atoms with van der Waals surface area (Å²) in [4.78, 5) is 50.9. The number of carbonyl (C=O) groups is 4. The molecule has 0 aromatic heterocycles. The zero-order chi connectivity index (χ0) is 32.5. The fraction of sp³-hybridized carbons (Fsp3) is 0.593. The van der Waals surface area contributed by atoms with Gasteiger partial charge in [0.1, 0.15) is 30.5 Å². The molecular formula is C27H50N12O4. The average Bonchev–Trinajstić information content (AvgIpc) is 2.93. The lowest BCUT2D eigenvalue weighted by atomic mass is 10.0. The second-order valence-electron chi connectivity index (χ2n) is 10.6. The second kappa shape index (κ2) is 19.8. The minimum Gasteiger partial charge on any atom is -0.384 e. The summed E-state index contributed by atoms with van der Waals surface area (Å²) in [7, 11) is 0. The molecule has 2 amide bonds. The third-order valence-electron chi connectivity index (χ3n) is 6.49. The number of rotatable bonds is 22.